The maximum Gasteiger partial charge on any atom is 0.319 e. The summed E-state index contributed by atoms with van der Waals surface area (Å²) in [6, 6.07) is 2.92. The van der Waals surface area contributed by atoms with Crippen LogP contribution in [0.3, 0.4) is 0 Å². The zero-order valence-corrected chi connectivity index (χ0v) is 13.7. The first-order valence-corrected chi connectivity index (χ1v) is 7.42. The van der Waals surface area contributed by atoms with Gasteiger partial charge in [0.15, 0.2) is 0 Å². The largest absolute Gasteiger partial charge is 0.343 e. The van der Waals surface area contributed by atoms with Gasteiger partial charge in [-0.05, 0) is 25.2 Å². The van der Waals surface area contributed by atoms with Gasteiger partial charge in [0.05, 0.1) is 0 Å². The number of carbonyl (C=O) groups is 2. The van der Waals surface area contributed by atoms with Crippen LogP contribution in [-0.4, -0.2) is 67.0 Å². The van der Waals surface area contributed by atoms with Crippen LogP contribution < -0.4 is 10.6 Å². The highest BCUT2D eigenvalue weighted by Gasteiger charge is 2.11. The van der Waals surface area contributed by atoms with E-state index >= 15 is 0 Å². The van der Waals surface area contributed by atoms with Gasteiger partial charge in [0.2, 0.25) is 0 Å². The van der Waals surface area contributed by atoms with Crippen molar-refractivity contribution < 1.29 is 9.59 Å². The molecule has 7 nitrogen and oxygen atoms in total. The minimum atomic E-state index is -0.290. The number of urea groups is 1. The number of nitrogens with one attached hydrogen (secondary N) is 2. The number of likely N-dealkylation sites (N-methyl/N-ethyl adjacent to an activating group) is 1. The molecule has 1 heterocycles. The van der Waals surface area contributed by atoms with Crippen molar-refractivity contribution in [1.29, 1.82) is 0 Å². The van der Waals surface area contributed by atoms with Gasteiger partial charge >= 0.3 is 6.03 Å². The van der Waals surface area contributed by atoms with Crippen molar-refractivity contribution in [3.05, 3.63) is 24.0 Å². The summed E-state index contributed by atoms with van der Waals surface area (Å²) in [4.78, 5) is 31.3. The molecule has 0 atom stereocenters. The predicted octanol–water partition coefficient (Wildman–Crippen LogP) is 1.25. The molecule has 2 N–H and O–H groups in total. The van der Waals surface area contributed by atoms with Gasteiger partial charge in [-0.2, -0.15) is 0 Å². The fraction of sp³-hybridized carbons (Fsp3) is 0.533. The van der Waals surface area contributed by atoms with Crippen LogP contribution in [0.25, 0.3) is 0 Å². The molecule has 1 aromatic heterocycles. The molecule has 0 saturated heterocycles. The second-order valence-electron chi connectivity index (χ2n) is 5.04. The molecule has 0 aromatic carbocycles. The quantitative estimate of drug-likeness (QED) is 0.794. The molecule has 0 aliphatic rings. The third-order valence-corrected chi connectivity index (χ3v) is 3.25. The molecule has 1 rings (SSSR count). The third kappa shape index (κ3) is 5.69. The molecule has 3 amide bonds. The normalized spacial score (nSPS) is 10.4. The minimum Gasteiger partial charge on any atom is -0.343 e. The van der Waals surface area contributed by atoms with Crippen molar-refractivity contribution in [2.75, 3.05) is 45.6 Å². The Hall–Kier alpha value is -2.15. The monoisotopic (exact) mass is 307 g/mol. The van der Waals surface area contributed by atoms with E-state index in [0.717, 1.165) is 19.6 Å². The standard InChI is InChI=1S/C15H25N5O2/c1-5-20(6-2)10-9-17-15(22)18-12-7-8-16-13(11-12)14(21)19(3)4/h7-8,11H,5-6,9-10H2,1-4H3,(H2,16,17,18,22). The van der Waals surface area contributed by atoms with E-state index in [1.54, 1.807) is 26.2 Å². The van der Waals surface area contributed by atoms with E-state index in [4.69, 9.17) is 0 Å². The lowest BCUT2D eigenvalue weighted by Crippen LogP contribution is -2.36. The summed E-state index contributed by atoms with van der Waals surface area (Å²) < 4.78 is 0. The van der Waals surface area contributed by atoms with Crippen molar-refractivity contribution in [3.63, 3.8) is 0 Å². The van der Waals surface area contributed by atoms with Gasteiger partial charge in [0.25, 0.3) is 5.91 Å². The highest BCUT2D eigenvalue weighted by atomic mass is 16.2. The number of hydrogen-bond acceptors (Lipinski definition) is 4. The highest BCUT2D eigenvalue weighted by molar-refractivity contribution is 5.95. The van der Waals surface area contributed by atoms with Gasteiger partial charge in [-0.1, -0.05) is 13.8 Å². The lowest BCUT2D eigenvalue weighted by molar-refractivity contribution is 0.0822. The van der Waals surface area contributed by atoms with Crippen LogP contribution in [0.15, 0.2) is 18.3 Å². The molecule has 0 unspecified atom stereocenters. The molecule has 0 saturated carbocycles. The molecule has 122 valence electrons. The van der Waals surface area contributed by atoms with Crippen molar-refractivity contribution in [3.8, 4) is 0 Å². The van der Waals surface area contributed by atoms with Gasteiger partial charge in [-0.25, -0.2) is 4.79 Å². The molecule has 7 heteroatoms. The Labute approximate surface area is 131 Å². The van der Waals surface area contributed by atoms with Gasteiger partial charge in [-0.3, -0.25) is 9.78 Å². The predicted molar refractivity (Wildman–Crippen MR) is 87.1 cm³/mol. The summed E-state index contributed by atoms with van der Waals surface area (Å²) in [5.74, 6) is -0.203. The van der Waals surface area contributed by atoms with Crippen LogP contribution >= 0.6 is 0 Å². The summed E-state index contributed by atoms with van der Waals surface area (Å²) in [5, 5.41) is 5.50. The number of carbonyl (C=O) groups excluding carboxylic acids is 2. The molecular formula is C15H25N5O2. The number of pyridine rings is 1. The van der Waals surface area contributed by atoms with Gasteiger partial charge in [0, 0.05) is 39.1 Å². The maximum absolute atomic E-state index is 11.8. The SMILES string of the molecule is CCN(CC)CCNC(=O)Nc1ccnc(C(=O)N(C)C)c1. The molecule has 0 radical (unpaired) electrons. The van der Waals surface area contributed by atoms with Crippen molar-refractivity contribution >= 4 is 17.6 Å². The average Bonchev–Trinajstić information content (AvgIpc) is 2.51. The van der Waals surface area contributed by atoms with E-state index in [9.17, 15) is 9.59 Å². The summed E-state index contributed by atoms with van der Waals surface area (Å²) in [6.45, 7) is 7.47. The number of aromatic nitrogens is 1. The van der Waals surface area contributed by atoms with Crippen LogP contribution in [0.4, 0.5) is 10.5 Å². The summed E-state index contributed by atoms with van der Waals surface area (Å²) in [7, 11) is 3.31. The van der Waals surface area contributed by atoms with E-state index in [2.05, 4.69) is 34.4 Å². The summed E-state index contributed by atoms with van der Waals surface area (Å²) in [5.41, 5.74) is 0.839. The van der Waals surface area contributed by atoms with Crippen LogP contribution in [0.1, 0.15) is 24.3 Å². The molecule has 0 aliphatic heterocycles. The molecule has 1 aromatic rings. The van der Waals surface area contributed by atoms with E-state index in [1.807, 2.05) is 0 Å². The van der Waals surface area contributed by atoms with Crippen molar-refractivity contribution in [1.82, 2.24) is 20.1 Å². The van der Waals surface area contributed by atoms with Crippen LogP contribution in [0.5, 0.6) is 0 Å². The highest BCUT2D eigenvalue weighted by Crippen LogP contribution is 2.09. The van der Waals surface area contributed by atoms with Gasteiger partial charge in [-0.15, -0.1) is 0 Å². The Morgan fingerprint density at radius 3 is 2.50 bits per heavy atom. The number of rotatable bonds is 7. The second kappa shape index (κ2) is 8.99. The molecule has 0 fully saturated rings. The molecule has 0 bridgehead atoms. The Kier molecular flexibility index (Phi) is 7.31. The first kappa shape index (κ1) is 17.9. The summed E-state index contributed by atoms with van der Waals surface area (Å²) in [6.07, 6.45) is 1.50. The van der Waals surface area contributed by atoms with E-state index in [1.165, 1.54) is 11.1 Å². The van der Waals surface area contributed by atoms with E-state index < -0.39 is 0 Å². The number of nitrogens with zero attached hydrogens (tertiary/aromatic N) is 3. The van der Waals surface area contributed by atoms with Crippen LogP contribution in [0, 0.1) is 0 Å². The fourth-order valence-electron chi connectivity index (χ4n) is 1.90. The maximum atomic E-state index is 11.8. The van der Waals surface area contributed by atoms with Crippen molar-refractivity contribution in [2.24, 2.45) is 0 Å². The lowest BCUT2D eigenvalue weighted by Gasteiger charge is -2.18. The minimum absolute atomic E-state index is 0.203. The summed E-state index contributed by atoms with van der Waals surface area (Å²) >= 11 is 0. The fourth-order valence-corrected chi connectivity index (χ4v) is 1.90. The molecule has 0 aliphatic carbocycles. The smallest absolute Gasteiger partial charge is 0.319 e. The Morgan fingerprint density at radius 2 is 1.91 bits per heavy atom. The van der Waals surface area contributed by atoms with Crippen LogP contribution in [-0.2, 0) is 0 Å². The third-order valence-electron chi connectivity index (χ3n) is 3.25. The van der Waals surface area contributed by atoms with E-state index in [0.29, 0.717) is 17.9 Å². The Bertz CT molecular complexity index is 500. The van der Waals surface area contributed by atoms with Crippen molar-refractivity contribution in [2.45, 2.75) is 13.8 Å². The lowest BCUT2D eigenvalue weighted by atomic mass is 10.3. The second-order valence-corrected chi connectivity index (χ2v) is 5.04. The first-order valence-electron chi connectivity index (χ1n) is 7.42. The first-order chi connectivity index (χ1) is 10.5. The average molecular weight is 307 g/mol. The zero-order chi connectivity index (χ0) is 16.5. The number of anilines is 1. The molecule has 22 heavy (non-hydrogen) atoms. The topological polar surface area (TPSA) is 77.6 Å². The zero-order valence-electron chi connectivity index (χ0n) is 13.7. The van der Waals surface area contributed by atoms with Gasteiger partial charge in [0.1, 0.15) is 5.69 Å². The molecule has 0 spiro atoms. The van der Waals surface area contributed by atoms with Gasteiger partial charge < -0.3 is 20.4 Å². The Morgan fingerprint density at radius 1 is 1.23 bits per heavy atom. The number of amides is 3. The van der Waals surface area contributed by atoms with Crippen LogP contribution in [0.2, 0.25) is 0 Å². The molecular weight excluding hydrogens is 282 g/mol. The number of hydrogen-bond donors (Lipinski definition) is 2. The Balaban J connectivity index is 2.51. The van der Waals surface area contributed by atoms with E-state index in [-0.39, 0.29) is 11.9 Å².